The van der Waals surface area contributed by atoms with Crippen LogP contribution in [0.4, 0.5) is 5.69 Å². The number of hydrogen-bond acceptors (Lipinski definition) is 5. The molecule has 0 aliphatic rings. The fourth-order valence-corrected chi connectivity index (χ4v) is 4.15. The molecule has 3 aromatic carbocycles. The van der Waals surface area contributed by atoms with E-state index in [1.807, 2.05) is 62.4 Å². The van der Waals surface area contributed by atoms with E-state index in [4.69, 9.17) is 21.4 Å². The molecule has 0 aliphatic carbocycles. The molecule has 32 heavy (non-hydrogen) atoms. The quantitative estimate of drug-likeness (QED) is 0.328. The minimum absolute atomic E-state index is 0.174. The second kappa shape index (κ2) is 9.10. The first-order chi connectivity index (χ1) is 15.4. The van der Waals surface area contributed by atoms with Gasteiger partial charge in [0, 0.05) is 15.7 Å². The van der Waals surface area contributed by atoms with Gasteiger partial charge in [-0.15, -0.1) is 0 Å². The largest absolute Gasteiger partial charge is 0.496 e. The number of ether oxygens (including phenoxy) is 1. The molecule has 4 rings (SSSR count). The number of aromatic nitrogens is 1. The van der Waals surface area contributed by atoms with Crippen molar-refractivity contribution in [3.63, 3.8) is 0 Å². The minimum Gasteiger partial charge on any atom is -0.496 e. The number of methoxy groups -OCH3 is 1. The maximum Gasteiger partial charge on any atom is 0.261 e. The summed E-state index contributed by atoms with van der Waals surface area (Å²) in [4.78, 5) is 17.4. The van der Waals surface area contributed by atoms with Gasteiger partial charge in [-0.05, 0) is 73.6 Å². The number of nitrogens with zero attached hydrogens (tertiary/aromatic N) is 1. The summed E-state index contributed by atoms with van der Waals surface area (Å²) in [5.74, 6) is 0.651. The molecule has 0 radical (unpaired) electrons. The van der Waals surface area contributed by atoms with Crippen molar-refractivity contribution < 1.29 is 13.9 Å². The second-order valence-corrected chi connectivity index (χ2v) is 8.55. The van der Waals surface area contributed by atoms with E-state index in [-0.39, 0.29) is 11.0 Å². The average molecular weight is 510 g/mol. The lowest BCUT2D eigenvalue weighted by atomic mass is 10.1. The molecule has 0 unspecified atom stereocenters. The van der Waals surface area contributed by atoms with E-state index >= 15 is 0 Å². The molecule has 8 heteroatoms. The molecule has 6 nitrogen and oxygen atoms in total. The first-order valence-electron chi connectivity index (χ1n) is 9.79. The molecular formula is C24H20BrN3O3S. The van der Waals surface area contributed by atoms with E-state index in [1.54, 1.807) is 6.07 Å². The molecule has 0 fully saturated rings. The van der Waals surface area contributed by atoms with Gasteiger partial charge in [-0.1, -0.05) is 34.1 Å². The van der Waals surface area contributed by atoms with Crippen LogP contribution in [0.1, 0.15) is 21.5 Å². The number of carbonyl (C=O) groups excluding carboxylic acids is 1. The van der Waals surface area contributed by atoms with Crippen LogP contribution in [0.2, 0.25) is 0 Å². The summed E-state index contributed by atoms with van der Waals surface area (Å²) < 4.78 is 12.0. The molecule has 4 aromatic rings. The Hall–Kier alpha value is -3.23. The Kier molecular flexibility index (Phi) is 6.25. The van der Waals surface area contributed by atoms with Gasteiger partial charge < -0.3 is 14.5 Å². The van der Waals surface area contributed by atoms with Gasteiger partial charge in [-0.2, -0.15) is 0 Å². The molecule has 162 valence electrons. The number of hydrogen-bond donors (Lipinski definition) is 2. The molecule has 0 bridgehead atoms. The number of fused-ring (bicyclic) bond motifs is 1. The number of rotatable bonds is 4. The predicted octanol–water partition coefficient (Wildman–Crippen LogP) is 6.01. The first kappa shape index (κ1) is 22.0. The number of thiocarbonyl (C=S) groups is 1. The van der Waals surface area contributed by atoms with Gasteiger partial charge in [0.25, 0.3) is 5.91 Å². The zero-order valence-electron chi connectivity index (χ0n) is 17.7. The molecule has 0 aliphatic heterocycles. The van der Waals surface area contributed by atoms with Crippen molar-refractivity contribution in [3.8, 4) is 17.2 Å². The Bertz CT molecular complexity index is 1320. The van der Waals surface area contributed by atoms with Crippen LogP contribution in [-0.4, -0.2) is 23.1 Å². The van der Waals surface area contributed by atoms with Gasteiger partial charge in [0.15, 0.2) is 10.7 Å². The molecule has 0 saturated heterocycles. The van der Waals surface area contributed by atoms with Crippen molar-refractivity contribution in [2.45, 2.75) is 13.8 Å². The fourth-order valence-electron chi connectivity index (χ4n) is 3.38. The van der Waals surface area contributed by atoms with Gasteiger partial charge in [0.1, 0.15) is 11.3 Å². The lowest BCUT2D eigenvalue weighted by Gasteiger charge is -2.15. The van der Waals surface area contributed by atoms with Crippen molar-refractivity contribution in [2.24, 2.45) is 0 Å². The Labute approximate surface area is 199 Å². The lowest BCUT2D eigenvalue weighted by molar-refractivity contribution is 0.0974. The SMILES string of the molecule is COc1c(C)cc(Br)cc1C(=O)NC(=S)Nc1cc(-c2nc3ccccc3o2)ccc1C. The highest BCUT2D eigenvalue weighted by Gasteiger charge is 2.17. The second-order valence-electron chi connectivity index (χ2n) is 7.23. The molecule has 0 saturated carbocycles. The molecule has 0 atom stereocenters. The summed E-state index contributed by atoms with van der Waals surface area (Å²) >= 11 is 8.81. The van der Waals surface area contributed by atoms with Crippen LogP contribution in [-0.2, 0) is 0 Å². The topological polar surface area (TPSA) is 76.4 Å². The highest BCUT2D eigenvalue weighted by molar-refractivity contribution is 9.10. The van der Waals surface area contributed by atoms with Crippen molar-refractivity contribution in [2.75, 3.05) is 12.4 Å². The molecule has 1 heterocycles. The Morgan fingerprint density at radius 1 is 1.09 bits per heavy atom. The van der Waals surface area contributed by atoms with Crippen molar-refractivity contribution in [3.05, 3.63) is 75.8 Å². The third-order valence-electron chi connectivity index (χ3n) is 4.94. The number of anilines is 1. The van der Waals surface area contributed by atoms with Gasteiger partial charge in [-0.25, -0.2) is 4.98 Å². The first-order valence-corrected chi connectivity index (χ1v) is 11.0. The van der Waals surface area contributed by atoms with Crippen molar-refractivity contribution >= 4 is 56.0 Å². The maximum atomic E-state index is 12.8. The van der Waals surface area contributed by atoms with E-state index < -0.39 is 0 Å². The van der Waals surface area contributed by atoms with E-state index in [0.717, 1.165) is 38.0 Å². The Morgan fingerprint density at radius 2 is 1.88 bits per heavy atom. The van der Waals surface area contributed by atoms with Crippen LogP contribution in [0.25, 0.3) is 22.6 Å². The maximum absolute atomic E-state index is 12.8. The molecule has 1 amide bonds. The number of aryl methyl sites for hydroxylation is 2. The van der Waals surface area contributed by atoms with E-state index in [9.17, 15) is 4.79 Å². The summed E-state index contributed by atoms with van der Waals surface area (Å²) in [5, 5.41) is 6.00. The molecule has 2 N–H and O–H groups in total. The number of oxazole rings is 1. The number of benzene rings is 3. The summed E-state index contributed by atoms with van der Waals surface area (Å²) in [6, 6.07) is 16.9. The predicted molar refractivity (Wildman–Crippen MR) is 133 cm³/mol. The smallest absolute Gasteiger partial charge is 0.261 e. The minimum atomic E-state index is -0.364. The zero-order chi connectivity index (χ0) is 22.8. The summed E-state index contributed by atoms with van der Waals surface area (Å²) in [6.07, 6.45) is 0. The number of halogens is 1. The fraction of sp³-hybridized carbons (Fsp3) is 0.125. The molecular weight excluding hydrogens is 490 g/mol. The van der Waals surface area contributed by atoms with Crippen LogP contribution in [0.15, 0.2) is 63.5 Å². The Morgan fingerprint density at radius 3 is 2.62 bits per heavy atom. The number of nitrogens with one attached hydrogen (secondary N) is 2. The highest BCUT2D eigenvalue weighted by atomic mass is 79.9. The average Bonchev–Trinajstić information content (AvgIpc) is 3.19. The van der Waals surface area contributed by atoms with Crippen LogP contribution < -0.4 is 15.4 Å². The van der Waals surface area contributed by atoms with E-state index in [2.05, 4.69) is 31.5 Å². The van der Waals surface area contributed by atoms with Gasteiger partial charge in [-0.3, -0.25) is 10.1 Å². The summed E-state index contributed by atoms with van der Waals surface area (Å²) in [5.41, 5.74) is 5.24. The van der Waals surface area contributed by atoms with Crippen molar-refractivity contribution in [1.29, 1.82) is 0 Å². The third kappa shape index (κ3) is 4.51. The van der Waals surface area contributed by atoms with Crippen LogP contribution in [0.5, 0.6) is 5.75 Å². The van der Waals surface area contributed by atoms with Gasteiger partial charge in [0.2, 0.25) is 5.89 Å². The van der Waals surface area contributed by atoms with Crippen LogP contribution in [0.3, 0.4) is 0 Å². The Balaban J connectivity index is 1.55. The number of para-hydroxylation sites is 2. The highest BCUT2D eigenvalue weighted by Crippen LogP contribution is 2.29. The van der Waals surface area contributed by atoms with Crippen LogP contribution in [0, 0.1) is 13.8 Å². The van der Waals surface area contributed by atoms with Crippen LogP contribution >= 0.6 is 28.1 Å². The number of carbonyl (C=O) groups is 1. The summed E-state index contributed by atoms with van der Waals surface area (Å²) in [7, 11) is 1.53. The standard InChI is InChI=1S/C24H20BrN3O3S/c1-13-8-9-15(23-26-18-6-4-5-7-20(18)31-23)11-19(13)27-24(32)28-22(29)17-12-16(25)10-14(2)21(17)30-3/h4-12H,1-3H3,(H2,27,28,29,32). The van der Waals surface area contributed by atoms with E-state index in [0.29, 0.717) is 17.2 Å². The summed E-state index contributed by atoms with van der Waals surface area (Å²) in [6.45, 7) is 3.82. The molecule has 1 aromatic heterocycles. The monoisotopic (exact) mass is 509 g/mol. The van der Waals surface area contributed by atoms with Gasteiger partial charge >= 0.3 is 0 Å². The normalized spacial score (nSPS) is 10.8. The lowest BCUT2D eigenvalue weighted by Crippen LogP contribution is -2.34. The zero-order valence-corrected chi connectivity index (χ0v) is 20.1. The van der Waals surface area contributed by atoms with Gasteiger partial charge in [0.05, 0.1) is 12.7 Å². The number of amides is 1. The molecule has 0 spiro atoms. The third-order valence-corrected chi connectivity index (χ3v) is 5.60. The van der Waals surface area contributed by atoms with Crippen molar-refractivity contribution in [1.82, 2.24) is 10.3 Å². The van der Waals surface area contributed by atoms with E-state index in [1.165, 1.54) is 7.11 Å².